The third kappa shape index (κ3) is 3.12. The second-order valence-electron chi connectivity index (χ2n) is 4.29. The van der Waals surface area contributed by atoms with Crippen molar-refractivity contribution in [3.63, 3.8) is 0 Å². The Morgan fingerprint density at radius 2 is 2.26 bits per heavy atom. The maximum absolute atomic E-state index is 13.5. The lowest BCUT2D eigenvalue weighted by atomic mass is 10.2. The standard InChI is InChI=1S/C13H13ClFN3O/c1-8-3-4-11(15)12(5-8)17-13(19)9(2)18-7-10(14)6-16-18/h3-7,9H,1-2H3,(H,17,19). The molecule has 0 bridgehead atoms. The minimum Gasteiger partial charge on any atom is -0.322 e. The van der Waals surface area contributed by atoms with Gasteiger partial charge in [-0.15, -0.1) is 0 Å². The zero-order valence-electron chi connectivity index (χ0n) is 10.5. The van der Waals surface area contributed by atoms with E-state index in [1.54, 1.807) is 25.3 Å². The van der Waals surface area contributed by atoms with E-state index in [2.05, 4.69) is 10.4 Å². The second-order valence-corrected chi connectivity index (χ2v) is 4.72. The summed E-state index contributed by atoms with van der Waals surface area (Å²) in [5, 5.41) is 6.93. The van der Waals surface area contributed by atoms with Crippen molar-refractivity contribution in [1.82, 2.24) is 9.78 Å². The number of aromatic nitrogens is 2. The van der Waals surface area contributed by atoms with Gasteiger partial charge < -0.3 is 5.32 Å². The summed E-state index contributed by atoms with van der Waals surface area (Å²) in [5.41, 5.74) is 1.03. The van der Waals surface area contributed by atoms with E-state index in [9.17, 15) is 9.18 Å². The first kappa shape index (κ1) is 13.5. The van der Waals surface area contributed by atoms with Crippen LogP contribution in [-0.4, -0.2) is 15.7 Å². The number of benzene rings is 1. The van der Waals surface area contributed by atoms with Gasteiger partial charge in [-0.05, 0) is 31.5 Å². The highest BCUT2D eigenvalue weighted by Crippen LogP contribution is 2.18. The van der Waals surface area contributed by atoms with E-state index >= 15 is 0 Å². The van der Waals surface area contributed by atoms with Gasteiger partial charge in [-0.25, -0.2) is 4.39 Å². The van der Waals surface area contributed by atoms with E-state index in [1.165, 1.54) is 16.9 Å². The third-order valence-electron chi connectivity index (χ3n) is 2.73. The van der Waals surface area contributed by atoms with Crippen LogP contribution in [0.15, 0.2) is 30.6 Å². The van der Waals surface area contributed by atoms with Crippen molar-refractivity contribution in [3.8, 4) is 0 Å². The monoisotopic (exact) mass is 281 g/mol. The van der Waals surface area contributed by atoms with E-state index in [0.717, 1.165) is 5.56 Å². The van der Waals surface area contributed by atoms with E-state index in [0.29, 0.717) is 5.02 Å². The molecule has 0 saturated heterocycles. The predicted molar refractivity (Wildman–Crippen MR) is 71.7 cm³/mol. The van der Waals surface area contributed by atoms with Gasteiger partial charge in [-0.1, -0.05) is 17.7 Å². The zero-order valence-corrected chi connectivity index (χ0v) is 11.3. The smallest absolute Gasteiger partial charge is 0.249 e. The molecule has 1 aromatic heterocycles. The van der Waals surface area contributed by atoms with Gasteiger partial charge in [0.2, 0.25) is 5.91 Å². The summed E-state index contributed by atoms with van der Waals surface area (Å²) in [7, 11) is 0. The molecule has 0 aliphatic heterocycles. The van der Waals surface area contributed by atoms with Crippen LogP contribution < -0.4 is 5.32 Å². The van der Waals surface area contributed by atoms with E-state index in [1.807, 2.05) is 6.92 Å². The Morgan fingerprint density at radius 3 is 2.89 bits per heavy atom. The van der Waals surface area contributed by atoms with Crippen LogP contribution in [0.25, 0.3) is 0 Å². The number of amides is 1. The highest BCUT2D eigenvalue weighted by atomic mass is 35.5. The summed E-state index contributed by atoms with van der Waals surface area (Å²) >= 11 is 5.74. The summed E-state index contributed by atoms with van der Waals surface area (Å²) in [5.74, 6) is -0.825. The number of halogens is 2. The lowest BCUT2D eigenvalue weighted by molar-refractivity contribution is -0.119. The van der Waals surface area contributed by atoms with Gasteiger partial charge in [0.1, 0.15) is 11.9 Å². The van der Waals surface area contributed by atoms with Crippen LogP contribution in [0.4, 0.5) is 10.1 Å². The molecule has 1 unspecified atom stereocenters. The lowest BCUT2D eigenvalue weighted by Crippen LogP contribution is -2.24. The third-order valence-corrected chi connectivity index (χ3v) is 2.92. The maximum atomic E-state index is 13.5. The van der Waals surface area contributed by atoms with Crippen molar-refractivity contribution >= 4 is 23.2 Å². The predicted octanol–water partition coefficient (Wildman–Crippen LogP) is 3.18. The normalized spacial score (nSPS) is 12.2. The van der Waals surface area contributed by atoms with Gasteiger partial charge in [0.05, 0.1) is 16.9 Å². The van der Waals surface area contributed by atoms with Crippen molar-refractivity contribution in [2.24, 2.45) is 0 Å². The zero-order chi connectivity index (χ0) is 14.0. The van der Waals surface area contributed by atoms with E-state index < -0.39 is 11.9 Å². The van der Waals surface area contributed by atoms with Crippen LogP contribution >= 0.6 is 11.6 Å². The first-order valence-electron chi connectivity index (χ1n) is 5.74. The van der Waals surface area contributed by atoms with Gasteiger partial charge in [-0.3, -0.25) is 9.48 Å². The fourth-order valence-electron chi connectivity index (χ4n) is 1.62. The quantitative estimate of drug-likeness (QED) is 0.939. The van der Waals surface area contributed by atoms with Crippen LogP contribution in [-0.2, 0) is 4.79 Å². The number of anilines is 1. The van der Waals surface area contributed by atoms with Crippen LogP contribution in [0.3, 0.4) is 0 Å². The van der Waals surface area contributed by atoms with Crippen molar-refractivity contribution in [1.29, 1.82) is 0 Å². The number of rotatable bonds is 3. The molecule has 0 aliphatic carbocycles. The summed E-state index contributed by atoms with van der Waals surface area (Å²) in [6, 6.07) is 3.96. The van der Waals surface area contributed by atoms with Gasteiger partial charge >= 0.3 is 0 Å². The van der Waals surface area contributed by atoms with Crippen molar-refractivity contribution < 1.29 is 9.18 Å². The molecule has 1 atom stereocenters. The Labute approximate surface area is 115 Å². The second kappa shape index (κ2) is 5.40. The first-order valence-corrected chi connectivity index (χ1v) is 6.12. The molecular weight excluding hydrogens is 269 g/mol. The molecule has 2 aromatic rings. The highest BCUT2D eigenvalue weighted by molar-refractivity contribution is 6.30. The molecule has 0 aliphatic rings. The Balaban J connectivity index is 2.14. The number of carbonyl (C=O) groups excluding carboxylic acids is 1. The van der Waals surface area contributed by atoms with E-state index in [-0.39, 0.29) is 11.6 Å². The van der Waals surface area contributed by atoms with Gasteiger partial charge in [0.25, 0.3) is 0 Å². The topological polar surface area (TPSA) is 46.9 Å². The summed E-state index contributed by atoms with van der Waals surface area (Å²) in [6.07, 6.45) is 2.98. The Morgan fingerprint density at radius 1 is 1.53 bits per heavy atom. The number of nitrogens with zero attached hydrogens (tertiary/aromatic N) is 2. The average molecular weight is 282 g/mol. The summed E-state index contributed by atoms with van der Waals surface area (Å²) in [4.78, 5) is 12.0. The SMILES string of the molecule is Cc1ccc(F)c(NC(=O)C(C)n2cc(Cl)cn2)c1. The van der Waals surface area contributed by atoms with Gasteiger partial charge in [-0.2, -0.15) is 5.10 Å². The van der Waals surface area contributed by atoms with Crippen LogP contribution in [0.5, 0.6) is 0 Å². The van der Waals surface area contributed by atoms with Crippen molar-refractivity contribution in [2.75, 3.05) is 5.32 Å². The molecule has 100 valence electrons. The van der Waals surface area contributed by atoms with Crippen molar-refractivity contribution in [2.45, 2.75) is 19.9 Å². The fourth-order valence-corrected chi connectivity index (χ4v) is 1.76. The molecule has 6 heteroatoms. The fraction of sp³-hybridized carbons (Fsp3) is 0.231. The molecule has 1 amide bonds. The molecule has 2 rings (SSSR count). The average Bonchev–Trinajstić information content (AvgIpc) is 2.79. The lowest BCUT2D eigenvalue weighted by Gasteiger charge is -2.13. The molecule has 0 saturated carbocycles. The molecule has 0 spiro atoms. The first-order chi connectivity index (χ1) is 8.97. The molecule has 1 heterocycles. The minimum absolute atomic E-state index is 0.162. The molecule has 1 aromatic carbocycles. The van der Waals surface area contributed by atoms with E-state index in [4.69, 9.17) is 11.6 Å². The highest BCUT2D eigenvalue weighted by Gasteiger charge is 2.17. The molecular formula is C13H13ClFN3O. The molecule has 1 N–H and O–H groups in total. The maximum Gasteiger partial charge on any atom is 0.249 e. The Hall–Kier alpha value is -1.88. The number of aryl methyl sites for hydroxylation is 1. The Kier molecular flexibility index (Phi) is 3.85. The summed E-state index contributed by atoms with van der Waals surface area (Å²) < 4.78 is 15.0. The molecule has 4 nitrogen and oxygen atoms in total. The van der Waals surface area contributed by atoms with Crippen molar-refractivity contribution in [3.05, 3.63) is 47.0 Å². The number of hydrogen-bond acceptors (Lipinski definition) is 2. The number of nitrogens with one attached hydrogen (secondary N) is 1. The molecule has 19 heavy (non-hydrogen) atoms. The summed E-state index contributed by atoms with van der Waals surface area (Å²) in [6.45, 7) is 3.48. The van der Waals surface area contributed by atoms with Gasteiger partial charge in [0.15, 0.2) is 0 Å². The van der Waals surface area contributed by atoms with Crippen LogP contribution in [0.1, 0.15) is 18.5 Å². The Bertz CT molecular complexity index is 612. The van der Waals surface area contributed by atoms with Crippen LogP contribution in [0, 0.1) is 12.7 Å². The number of hydrogen-bond donors (Lipinski definition) is 1. The minimum atomic E-state index is -0.576. The van der Waals surface area contributed by atoms with Gasteiger partial charge in [0, 0.05) is 6.20 Å². The van der Waals surface area contributed by atoms with Crippen LogP contribution in [0.2, 0.25) is 5.02 Å². The largest absolute Gasteiger partial charge is 0.322 e. The number of carbonyl (C=O) groups is 1. The molecule has 0 radical (unpaired) electrons. The molecule has 0 fully saturated rings.